The van der Waals surface area contributed by atoms with Crippen molar-refractivity contribution >= 4 is 23.3 Å². The molecule has 3 rings (SSSR count). The lowest BCUT2D eigenvalue weighted by molar-refractivity contribution is 0.0937. The van der Waals surface area contributed by atoms with Crippen LogP contribution in [-0.2, 0) is 0 Å². The summed E-state index contributed by atoms with van der Waals surface area (Å²) in [6.45, 7) is 4.79. The Morgan fingerprint density at radius 3 is 3.00 bits per heavy atom. The van der Waals surface area contributed by atoms with Crippen LogP contribution in [0, 0.1) is 0 Å². The van der Waals surface area contributed by atoms with E-state index >= 15 is 0 Å². The van der Waals surface area contributed by atoms with Crippen LogP contribution in [0.4, 0.5) is 5.82 Å². The summed E-state index contributed by atoms with van der Waals surface area (Å²) in [6, 6.07) is 2.70. The van der Waals surface area contributed by atoms with E-state index in [-0.39, 0.29) is 11.9 Å². The molecule has 1 saturated carbocycles. The van der Waals surface area contributed by atoms with Crippen molar-refractivity contribution < 1.29 is 4.79 Å². The minimum atomic E-state index is -0.107. The monoisotopic (exact) mass is 308 g/mol. The maximum atomic E-state index is 12.4. The van der Waals surface area contributed by atoms with Gasteiger partial charge in [-0.1, -0.05) is 11.6 Å². The third kappa shape index (κ3) is 3.47. The molecular weight excluding hydrogens is 288 g/mol. The van der Waals surface area contributed by atoms with Crippen LogP contribution in [0.25, 0.3) is 0 Å². The van der Waals surface area contributed by atoms with Gasteiger partial charge in [0.1, 0.15) is 5.82 Å². The standard InChI is InChI=1S/C15H21ClN4O/c1-2-17-14-7-12(13(16)8-18-14)15(21)19-10-5-6-20(9-10)11-3-4-11/h7-8,10-11H,2-6,9H2,1H3,(H,17,18)(H,19,21). The third-order valence-corrected chi connectivity index (χ3v) is 4.38. The van der Waals surface area contributed by atoms with Crippen molar-refractivity contribution in [2.75, 3.05) is 25.0 Å². The number of carbonyl (C=O) groups excluding carboxylic acids is 1. The molecule has 1 aromatic rings. The van der Waals surface area contributed by atoms with Crippen LogP contribution < -0.4 is 10.6 Å². The molecule has 6 heteroatoms. The molecule has 2 aliphatic rings. The van der Waals surface area contributed by atoms with E-state index in [9.17, 15) is 4.79 Å². The summed E-state index contributed by atoms with van der Waals surface area (Å²) in [5.74, 6) is 0.572. The van der Waals surface area contributed by atoms with Gasteiger partial charge in [-0.25, -0.2) is 4.98 Å². The van der Waals surface area contributed by atoms with Crippen LogP contribution in [0.1, 0.15) is 36.5 Å². The fraction of sp³-hybridized carbons (Fsp3) is 0.600. The summed E-state index contributed by atoms with van der Waals surface area (Å²) in [5, 5.41) is 6.59. The fourth-order valence-electron chi connectivity index (χ4n) is 2.83. The number of anilines is 1. The largest absolute Gasteiger partial charge is 0.370 e. The first-order chi connectivity index (χ1) is 10.2. The number of likely N-dealkylation sites (tertiary alicyclic amines) is 1. The van der Waals surface area contributed by atoms with Crippen molar-refractivity contribution in [2.45, 2.75) is 38.3 Å². The second kappa shape index (κ2) is 6.20. The maximum Gasteiger partial charge on any atom is 0.253 e. The minimum Gasteiger partial charge on any atom is -0.370 e. The Bertz CT molecular complexity index is 532. The molecule has 1 aliphatic carbocycles. The zero-order valence-corrected chi connectivity index (χ0v) is 13.0. The molecule has 1 aromatic heterocycles. The lowest BCUT2D eigenvalue weighted by atomic mass is 10.2. The van der Waals surface area contributed by atoms with Crippen LogP contribution in [0.15, 0.2) is 12.3 Å². The van der Waals surface area contributed by atoms with Crippen molar-refractivity contribution in [1.82, 2.24) is 15.2 Å². The van der Waals surface area contributed by atoms with Crippen molar-refractivity contribution in [1.29, 1.82) is 0 Å². The maximum absolute atomic E-state index is 12.4. The number of aromatic nitrogens is 1. The number of nitrogens with one attached hydrogen (secondary N) is 2. The Morgan fingerprint density at radius 1 is 1.48 bits per heavy atom. The van der Waals surface area contributed by atoms with Crippen LogP contribution in [0.2, 0.25) is 5.02 Å². The van der Waals surface area contributed by atoms with E-state index in [0.29, 0.717) is 16.4 Å². The number of hydrogen-bond acceptors (Lipinski definition) is 4. The highest BCUT2D eigenvalue weighted by Gasteiger charge is 2.34. The SMILES string of the molecule is CCNc1cc(C(=O)NC2CCN(C3CC3)C2)c(Cl)cn1. The molecule has 2 heterocycles. The molecule has 0 aromatic carbocycles. The van der Waals surface area contributed by atoms with Gasteiger partial charge in [-0.2, -0.15) is 0 Å². The molecule has 0 radical (unpaired) electrons. The smallest absolute Gasteiger partial charge is 0.253 e. The average molecular weight is 309 g/mol. The van der Waals surface area contributed by atoms with Gasteiger partial charge in [0, 0.05) is 37.9 Å². The minimum absolute atomic E-state index is 0.107. The second-order valence-electron chi connectivity index (χ2n) is 5.76. The molecule has 1 aliphatic heterocycles. The van der Waals surface area contributed by atoms with Crippen molar-refractivity contribution in [3.8, 4) is 0 Å². The molecule has 0 bridgehead atoms. The first kappa shape index (κ1) is 14.6. The molecule has 0 spiro atoms. The Morgan fingerprint density at radius 2 is 2.29 bits per heavy atom. The normalized spacial score (nSPS) is 22.3. The lowest BCUT2D eigenvalue weighted by Crippen LogP contribution is -2.37. The molecule has 1 saturated heterocycles. The number of hydrogen-bond donors (Lipinski definition) is 2. The number of amides is 1. The number of pyridine rings is 1. The number of nitrogens with zero attached hydrogens (tertiary/aromatic N) is 2. The number of rotatable bonds is 5. The predicted molar refractivity (Wildman–Crippen MR) is 83.9 cm³/mol. The fourth-order valence-corrected chi connectivity index (χ4v) is 3.02. The van der Waals surface area contributed by atoms with E-state index in [0.717, 1.165) is 32.1 Å². The highest BCUT2D eigenvalue weighted by molar-refractivity contribution is 6.33. The molecule has 1 amide bonds. The van der Waals surface area contributed by atoms with Crippen molar-refractivity contribution in [3.05, 3.63) is 22.8 Å². The first-order valence-electron chi connectivity index (χ1n) is 7.61. The van der Waals surface area contributed by atoms with Crippen molar-refractivity contribution in [3.63, 3.8) is 0 Å². The number of carbonyl (C=O) groups is 1. The van der Waals surface area contributed by atoms with Gasteiger partial charge in [0.25, 0.3) is 5.91 Å². The molecule has 21 heavy (non-hydrogen) atoms. The highest BCUT2D eigenvalue weighted by atomic mass is 35.5. The molecule has 1 atom stereocenters. The molecule has 2 N–H and O–H groups in total. The zero-order valence-electron chi connectivity index (χ0n) is 12.2. The van der Waals surface area contributed by atoms with E-state index < -0.39 is 0 Å². The van der Waals surface area contributed by atoms with Crippen LogP contribution in [-0.4, -0.2) is 47.5 Å². The van der Waals surface area contributed by atoms with E-state index in [1.807, 2.05) is 6.92 Å². The molecule has 5 nitrogen and oxygen atoms in total. The Labute approximate surface area is 130 Å². The summed E-state index contributed by atoms with van der Waals surface area (Å²) in [6.07, 6.45) is 5.16. The van der Waals surface area contributed by atoms with Gasteiger partial charge >= 0.3 is 0 Å². The van der Waals surface area contributed by atoms with E-state index in [4.69, 9.17) is 11.6 Å². The summed E-state index contributed by atoms with van der Waals surface area (Å²) >= 11 is 6.10. The Kier molecular flexibility index (Phi) is 4.31. The van der Waals surface area contributed by atoms with Gasteiger partial charge in [-0.3, -0.25) is 9.69 Å². The Hall–Kier alpha value is -1.33. The Balaban J connectivity index is 1.63. The molecular formula is C15H21ClN4O. The summed E-state index contributed by atoms with van der Waals surface area (Å²) in [5.41, 5.74) is 0.493. The van der Waals surface area contributed by atoms with Crippen LogP contribution >= 0.6 is 11.6 Å². The summed E-state index contributed by atoms with van der Waals surface area (Å²) in [7, 11) is 0. The van der Waals surface area contributed by atoms with Crippen LogP contribution in [0.3, 0.4) is 0 Å². The molecule has 2 fully saturated rings. The molecule has 1 unspecified atom stereocenters. The number of halogens is 1. The van der Waals surface area contributed by atoms with Gasteiger partial charge in [0.05, 0.1) is 10.6 Å². The highest BCUT2D eigenvalue weighted by Crippen LogP contribution is 2.30. The van der Waals surface area contributed by atoms with Gasteiger partial charge < -0.3 is 10.6 Å². The topological polar surface area (TPSA) is 57.3 Å². The third-order valence-electron chi connectivity index (χ3n) is 4.08. The van der Waals surface area contributed by atoms with Crippen molar-refractivity contribution in [2.24, 2.45) is 0 Å². The van der Waals surface area contributed by atoms with Crippen LogP contribution in [0.5, 0.6) is 0 Å². The van der Waals surface area contributed by atoms with Gasteiger partial charge in [-0.05, 0) is 32.3 Å². The summed E-state index contributed by atoms with van der Waals surface area (Å²) in [4.78, 5) is 19.0. The summed E-state index contributed by atoms with van der Waals surface area (Å²) < 4.78 is 0. The second-order valence-corrected chi connectivity index (χ2v) is 6.17. The lowest BCUT2D eigenvalue weighted by Gasteiger charge is -2.16. The van der Waals surface area contributed by atoms with Gasteiger partial charge in [-0.15, -0.1) is 0 Å². The zero-order chi connectivity index (χ0) is 14.8. The quantitative estimate of drug-likeness (QED) is 0.875. The first-order valence-corrected chi connectivity index (χ1v) is 7.99. The van der Waals surface area contributed by atoms with E-state index in [1.54, 1.807) is 6.07 Å². The average Bonchev–Trinajstić information content (AvgIpc) is 3.22. The van der Waals surface area contributed by atoms with Gasteiger partial charge in [0.2, 0.25) is 0 Å². The molecule has 114 valence electrons. The van der Waals surface area contributed by atoms with E-state index in [1.165, 1.54) is 19.0 Å². The van der Waals surface area contributed by atoms with E-state index in [2.05, 4.69) is 20.5 Å². The van der Waals surface area contributed by atoms with Gasteiger partial charge in [0.15, 0.2) is 0 Å². The predicted octanol–water partition coefficient (Wildman–Crippen LogP) is 2.13.